The maximum absolute atomic E-state index is 12.2. The van der Waals surface area contributed by atoms with Gasteiger partial charge in [-0.3, -0.25) is 4.98 Å². The summed E-state index contributed by atoms with van der Waals surface area (Å²) in [7, 11) is -3.94. The van der Waals surface area contributed by atoms with Gasteiger partial charge in [0.05, 0.1) is 4.90 Å². The first kappa shape index (κ1) is 16.8. The van der Waals surface area contributed by atoms with Gasteiger partial charge in [0.25, 0.3) is 0 Å². The summed E-state index contributed by atoms with van der Waals surface area (Å²) in [5.74, 6) is 0. The molecule has 1 saturated heterocycles. The normalized spacial score (nSPS) is 15.6. The summed E-state index contributed by atoms with van der Waals surface area (Å²) in [6, 6.07) is 10.5. The SMILES string of the molecule is Nc1ccc(-c2cccc(S(N)(=O)=O)c2C2NNNN2)c2ccncc12. The second kappa shape index (κ2) is 6.29. The van der Waals surface area contributed by atoms with Gasteiger partial charge in [-0.1, -0.05) is 18.2 Å². The average molecular weight is 371 g/mol. The molecule has 9 nitrogen and oxygen atoms in total. The molecule has 0 radical (unpaired) electrons. The van der Waals surface area contributed by atoms with Crippen molar-refractivity contribution < 1.29 is 8.42 Å². The van der Waals surface area contributed by atoms with Gasteiger partial charge in [-0.2, -0.15) is 11.1 Å². The second-order valence-corrected chi connectivity index (χ2v) is 7.39. The number of nitrogens with zero attached hydrogens (tertiary/aromatic N) is 1. The fourth-order valence-electron chi connectivity index (χ4n) is 3.17. The van der Waals surface area contributed by atoms with E-state index in [0.29, 0.717) is 16.8 Å². The number of nitrogens with two attached hydrogens (primary N) is 2. The Morgan fingerprint density at radius 2 is 1.73 bits per heavy atom. The van der Waals surface area contributed by atoms with Gasteiger partial charge in [-0.25, -0.2) is 24.4 Å². The van der Waals surface area contributed by atoms with Crippen LogP contribution in [-0.4, -0.2) is 13.4 Å². The number of hydrogen-bond acceptors (Lipinski definition) is 8. The molecule has 0 amide bonds. The summed E-state index contributed by atoms with van der Waals surface area (Å²) in [5, 5.41) is 7.11. The number of rotatable bonds is 3. The van der Waals surface area contributed by atoms with Gasteiger partial charge in [0.15, 0.2) is 0 Å². The van der Waals surface area contributed by atoms with Gasteiger partial charge in [-0.15, -0.1) is 0 Å². The van der Waals surface area contributed by atoms with E-state index in [1.54, 1.807) is 24.5 Å². The first-order valence-electron chi connectivity index (χ1n) is 7.76. The topological polar surface area (TPSA) is 147 Å². The number of hydrazine groups is 3. The number of hydrogen-bond donors (Lipinski definition) is 6. The van der Waals surface area contributed by atoms with Crippen molar-refractivity contribution in [3.8, 4) is 11.1 Å². The summed E-state index contributed by atoms with van der Waals surface area (Å²) in [6.45, 7) is 0. The molecule has 3 aromatic rings. The molecule has 1 aromatic heterocycles. The van der Waals surface area contributed by atoms with E-state index in [0.717, 1.165) is 16.3 Å². The summed E-state index contributed by atoms with van der Waals surface area (Å²) in [4.78, 5) is 4.16. The fourth-order valence-corrected chi connectivity index (χ4v) is 3.97. The third kappa shape index (κ3) is 2.80. The van der Waals surface area contributed by atoms with E-state index in [1.807, 2.05) is 18.2 Å². The lowest BCUT2D eigenvalue weighted by atomic mass is 9.93. The van der Waals surface area contributed by atoms with E-state index in [1.165, 1.54) is 6.07 Å². The average Bonchev–Trinajstić information content (AvgIpc) is 3.15. The van der Waals surface area contributed by atoms with Crippen LogP contribution in [-0.2, 0) is 10.0 Å². The van der Waals surface area contributed by atoms with Gasteiger partial charge >= 0.3 is 0 Å². The zero-order chi connectivity index (χ0) is 18.3. The second-order valence-electron chi connectivity index (χ2n) is 5.86. The Morgan fingerprint density at radius 1 is 0.962 bits per heavy atom. The van der Waals surface area contributed by atoms with Gasteiger partial charge in [0, 0.05) is 29.0 Å². The quantitative estimate of drug-likeness (QED) is 0.359. The monoisotopic (exact) mass is 371 g/mol. The first-order valence-corrected chi connectivity index (χ1v) is 9.31. The third-order valence-corrected chi connectivity index (χ3v) is 5.27. The lowest BCUT2D eigenvalue weighted by molar-refractivity contribution is 0.541. The maximum atomic E-state index is 12.2. The predicted octanol–water partition coefficient (Wildman–Crippen LogP) is 0.247. The van der Waals surface area contributed by atoms with E-state index in [2.05, 4.69) is 26.9 Å². The van der Waals surface area contributed by atoms with E-state index in [9.17, 15) is 8.42 Å². The Kier molecular flexibility index (Phi) is 4.07. The smallest absolute Gasteiger partial charge is 0.238 e. The Labute approximate surface area is 149 Å². The minimum atomic E-state index is -3.94. The van der Waals surface area contributed by atoms with Crippen LogP contribution in [0.1, 0.15) is 11.7 Å². The molecule has 2 aromatic carbocycles. The fraction of sp³-hybridized carbons (Fsp3) is 0.0625. The zero-order valence-corrected chi connectivity index (χ0v) is 14.3. The molecule has 0 spiro atoms. The van der Waals surface area contributed by atoms with Crippen molar-refractivity contribution in [1.29, 1.82) is 0 Å². The predicted molar refractivity (Wildman–Crippen MR) is 98.2 cm³/mol. The third-order valence-electron chi connectivity index (χ3n) is 4.30. The van der Waals surface area contributed by atoms with Crippen molar-refractivity contribution >= 4 is 26.5 Å². The molecule has 0 atom stereocenters. The van der Waals surface area contributed by atoms with Crippen LogP contribution in [0, 0.1) is 0 Å². The van der Waals surface area contributed by atoms with E-state index < -0.39 is 16.2 Å². The van der Waals surface area contributed by atoms with Gasteiger partial charge < -0.3 is 5.73 Å². The summed E-state index contributed by atoms with van der Waals surface area (Å²) < 4.78 is 24.3. The van der Waals surface area contributed by atoms with Crippen molar-refractivity contribution in [2.75, 3.05) is 5.73 Å². The Bertz CT molecular complexity index is 1090. The standard InChI is InChI=1S/C16H17N7O2S/c17-13-5-4-9(10-6-7-19-8-12(10)13)11-2-1-3-14(26(18,24)25)15(11)16-20-22-23-21-16/h1-8,16,20-23H,17H2,(H2,18,24,25). The number of anilines is 1. The number of nitrogens with one attached hydrogen (secondary N) is 4. The van der Waals surface area contributed by atoms with Crippen LogP contribution in [0.3, 0.4) is 0 Å². The van der Waals surface area contributed by atoms with Gasteiger partial charge in [0.2, 0.25) is 10.0 Å². The molecule has 4 rings (SSSR count). The summed E-state index contributed by atoms with van der Waals surface area (Å²) in [5.41, 5.74) is 19.9. The molecule has 1 aliphatic heterocycles. The van der Waals surface area contributed by atoms with Crippen LogP contribution in [0.2, 0.25) is 0 Å². The Morgan fingerprint density at radius 3 is 2.46 bits per heavy atom. The highest BCUT2D eigenvalue weighted by Gasteiger charge is 2.27. The highest BCUT2D eigenvalue weighted by molar-refractivity contribution is 7.89. The van der Waals surface area contributed by atoms with Crippen LogP contribution < -0.4 is 32.8 Å². The molecule has 1 aliphatic rings. The lowest BCUT2D eigenvalue weighted by Crippen LogP contribution is -2.33. The van der Waals surface area contributed by atoms with Crippen molar-refractivity contribution in [1.82, 2.24) is 26.9 Å². The Hall–Kier alpha value is -2.60. The minimum Gasteiger partial charge on any atom is -0.398 e. The lowest BCUT2D eigenvalue weighted by Gasteiger charge is -2.20. The number of nitrogen functional groups attached to an aromatic ring is 1. The van der Waals surface area contributed by atoms with Crippen molar-refractivity contribution in [2.24, 2.45) is 5.14 Å². The first-order chi connectivity index (χ1) is 12.5. The molecule has 0 aliphatic carbocycles. The molecule has 8 N–H and O–H groups in total. The molecule has 26 heavy (non-hydrogen) atoms. The van der Waals surface area contributed by atoms with Crippen LogP contribution in [0.25, 0.3) is 21.9 Å². The molecule has 0 saturated carbocycles. The number of primary sulfonamides is 1. The van der Waals surface area contributed by atoms with Crippen LogP contribution in [0.5, 0.6) is 0 Å². The van der Waals surface area contributed by atoms with Gasteiger partial charge in [0.1, 0.15) is 6.17 Å². The summed E-state index contributed by atoms with van der Waals surface area (Å²) in [6.07, 6.45) is 2.84. The van der Waals surface area contributed by atoms with Crippen LogP contribution in [0.4, 0.5) is 5.69 Å². The number of pyridine rings is 1. The highest BCUT2D eigenvalue weighted by atomic mass is 32.2. The molecular weight excluding hydrogens is 354 g/mol. The zero-order valence-electron chi connectivity index (χ0n) is 13.5. The molecule has 0 unspecified atom stereocenters. The number of sulfonamides is 1. The van der Waals surface area contributed by atoms with E-state index >= 15 is 0 Å². The van der Waals surface area contributed by atoms with Gasteiger partial charge in [-0.05, 0) is 34.7 Å². The molecular formula is C16H17N7O2S. The van der Waals surface area contributed by atoms with Crippen LogP contribution >= 0.6 is 0 Å². The largest absolute Gasteiger partial charge is 0.398 e. The minimum absolute atomic E-state index is 0.0320. The number of fused-ring (bicyclic) bond motifs is 1. The molecule has 2 heterocycles. The number of aromatic nitrogens is 1. The molecule has 134 valence electrons. The van der Waals surface area contributed by atoms with Crippen LogP contribution in [0.15, 0.2) is 53.7 Å². The van der Waals surface area contributed by atoms with E-state index in [-0.39, 0.29) is 4.90 Å². The highest BCUT2D eigenvalue weighted by Crippen LogP contribution is 2.37. The van der Waals surface area contributed by atoms with Crippen molar-refractivity contribution in [2.45, 2.75) is 11.1 Å². The molecule has 10 heteroatoms. The maximum Gasteiger partial charge on any atom is 0.238 e. The number of benzene rings is 2. The summed E-state index contributed by atoms with van der Waals surface area (Å²) >= 11 is 0. The molecule has 0 bridgehead atoms. The Balaban J connectivity index is 2.06. The van der Waals surface area contributed by atoms with Crippen molar-refractivity contribution in [3.05, 3.63) is 54.4 Å². The van der Waals surface area contributed by atoms with Crippen molar-refractivity contribution in [3.63, 3.8) is 0 Å². The molecule has 1 fully saturated rings. The van der Waals surface area contributed by atoms with E-state index in [4.69, 9.17) is 10.9 Å².